The first-order valence-corrected chi connectivity index (χ1v) is 11.5. The summed E-state index contributed by atoms with van der Waals surface area (Å²) < 4.78 is 0. The van der Waals surface area contributed by atoms with Gasteiger partial charge in [0.25, 0.3) is 5.91 Å². The Kier molecular flexibility index (Phi) is 5.38. The first-order chi connectivity index (χ1) is 15.2. The second-order valence-corrected chi connectivity index (χ2v) is 8.82. The van der Waals surface area contributed by atoms with Gasteiger partial charge in [0.2, 0.25) is 0 Å². The van der Waals surface area contributed by atoms with Gasteiger partial charge in [0.15, 0.2) is 0 Å². The molecule has 6 heteroatoms. The van der Waals surface area contributed by atoms with Crippen LogP contribution in [0, 0.1) is 0 Å². The number of rotatable bonds is 4. The van der Waals surface area contributed by atoms with E-state index in [1.54, 1.807) is 17.7 Å². The van der Waals surface area contributed by atoms with E-state index in [0.717, 1.165) is 52.2 Å². The average Bonchev–Trinajstić information content (AvgIpc) is 3.28. The Morgan fingerprint density at radius 1 is 0.935 bits per heavy atom. The zero-order valence-electron chi connectivity index (χ0n) is 17.5. The number of hydrogen-bond acceptors (Lipinski definition) is 5. The molecule has 0 aliphatic carbocycles. The molecule has 1 saturated heterocycles. The van der Waals surface area contributed by atoms with Gasteiger partial charge in [0.1, 0.15) is 17.0 Å². The highest BCUT2D eigenvalue weighted by molar-refractivity contribution is 7.18. The number of fused-ring (bicyclic) bond motifs is 1. The van der Waals surface area contributed by atoms with Gasteiger partial charge in [-0.1, -0.05) is 49.4 Å². The fourth-order valence-electron chi connectivity index (χ4n) is 4.09. The summed E-state index contributed by atoms with van der Waals surface area (Å²) in [5.41, 5.74) is 2.93. The summed E-state index contributed by atoms with van der Waals surface area (Å²) in [4.78, 5) is 28.8. The third kappa shape index (κ3) is 3.91. The standard InChI is InChI=1S/C25H24N4OS/c1-2-21-16-22-23(26-17-27-24(22)31-21)28-11-13-29(14-12-28)25(30)20-10-6-9-19(15-20)18-7-4-3-5-8-18/h3-10,15-17H,2,11-14H2,1H3. The maximum Gasteiger partial charge on any atom is 0.253 e. The average molecular weight is 429 g/mol. The summed E-state index contributed by atoms with van der Waals surface area (Å²) in [6.07, 6.45) is 2.66. The number of aromatic nitrogens is 2. The van der Waals surface area contributed by atoms with Crippen LogP contribution in [-0.2, 0) is 6.42 Å². The minimum atomic E-state index is 0.0917. The molecular weight excluding hydrogens is 404 g/mol. The molecule has 4 aromatic rings. The molecule has 1 fully saturated rings. The second-order valence-electron chi connectivity index (χ2n) is 7.71. The van der Waals surface area contributed by atoms with E-state index >= 15 is 0 Å². The van der Waals surface area contributed by atoms with Gasteiger partial charge >= 0.3 is 0 Å². The minimum absolute atomic E-state index is 0.0917. The SMILES string of the molecule is CCc1cc2c(N3CCN(C(=O)c4cccc(-c5ccccc5)c4)CC3)ncnc2s1. The molecular formula is C25H24N4OS. The van der Waals surface area contributed by atoms with E-state index in [1.165, 1.54) is 4.88 Å². The van der Waals surface area contributed by atoms with Crippen LogP contribution in [0.2, 0.25) is 0 Å². The Hall–Kier alpha value is -3.25. The molecule has 0 bridgehead atoms. The summed E-state index contributed by atoms with van der Waals surface area (Å²) in [6, 6.07) is 20.3. The highest BCUT2D eigenvalue weighted by Crippen LogP contribution is 2.31. The zero-order chi connectivity index (χ0) is 21.2. The van der Waals surface area contributed by atoms with Crippen LogP contribution in [0.25, 0.3) is 21.3 Å². The predicted octanol–water partition coefficient (Wildman–Crippen LogP) is 4.88. The van der Waals surface area contributed by atoms with E-state index in [2.05, 4.69) is 46.1 Å². The second kappa shape index (κ2) is 8.47. The summed E-state index contributed by atoms with van der Waals surface area (Å²) in [6.45, 7) is 5.07. The number of anilines is 1. The van der Waals surface area contributed by atoms with E-state index in [9.17, 15) is 4.79 Å². The lowest BCUT2D eigenvalue weighted by Crippen LogP contribution is -2.49. The highest BCUT2D eigenvalue weighted by atomic mass is 32.1. The van der Waals surface area contributed by atoms with Crippen molar-refractivity contribution in [1.29, 1.82) is 0 Å². The maximum absolute atomic E-state index is 13.2. The van der Waals surface area contributed by atoms with Gasteiger partial charge in [0.05, 0.1) is 5.39 Å². The Balaban J connectivity index is 1.31. The topological polar surface area (TPSA) is 49.3 Å². The Bertz CT molecular complexity index is 1210. The van der Waals surface area contributed by atoms with Crippen molar-refractivity contribution < 1.29 is 4.79 Å². The molecule has 2 aromatic carbocycles. The summed E-state index contributed by atoms with van der Waals surface area (Å²) in [5.74, 6) is 1.08. The van der Waals surface area contributed by atoms with Crippen LogP contribution in [0.3, 0.4) is 0 Å². The molecule has 31 heavy (non-hydrogen) atoms. The number of carbonyl (C=O) groups excluding carboxylic acids is 1. The molecule has 156 valence electrons. The van der Waals surface area contributed by atoms with Crippen molar-refractivity contribution in [2.45, 2.75) is 13.3 Å². The van der Waals surface area contributed by atoms with Gasteiger partial charge in [-0.25, -0.2) is 9.97 Å². The number of amides is 1. The van der Waals surface area contributed by atoms with Crippen molar-refractivity contribution in [1.82, 2.24) is 14.9 Å². The minimum Gasteiger partial charge on any atom is -0.352 e. The third-order valence-electron chi connectivity index (χ3n) is 5.79. The number of benzene rings is 2. The van der Waals surface area contributed by atoms with E-state index in [0.29, 0.717) is 13.1 Å². The lowest BCUT2D eigenvalue weighted by molar-refractivity contribution is 0.0746. The van der Waals surface area contributed by atoms with Crippen LogP contribution >= 0.6 is 11.3 Å². The molecule has 1 aliphatic rings. The molecule has 3 heterocycles. The number of thiophene rings is 1. The van der Waals surface area contributed by atoms with Crippen molar-refractivity contribution in [2.24, 2.45) is 0 Å². The molecule has 0 radical (unpaired) electrons. The smallest absolute Gasteiger partial charge is 0.253 e. The fraction of sp³-hybridized carbons (Fsp3) is 0.240. The number of piperazine rings is 1. The highest BCUT2D eigenvalue weighted by Gasteiger charge is 2.24. The lowest BCUT2D eigenvalue weighted by atomic mass is 10.0. The maximum atomic E-state index is 13.2. The summed E-state index contributed by atoms with van der Waals surface area (Å²) >= 11 is 1.74. The van der Waals surface area contributed by atoms with Crippen molar-refractivity contribution in [2.75, 3.05) is 31.1 Å². The van der Waals surface area contributed by atoms with Gasteiger partial charge in [-0.3, -0.25) is 4.79 Å². The van der Waals surface area contributed by atoms with Crippen LogP contribution in [0.4, 0.5) is 5.82 Å². The Labute approximate surface area is 186 Å². The Morgan fingerprint density at radius 2 is 1.71 bits per heavy atom. The quantitative estimate of drug-likeness (QED) is 0.465. The van der Waals surface area contributed by atoms with Crippen LogP contribution in [-0.4, -0.2) is 47.0 Å². The summed E-state index contributed by atoms with van der Waals surface area (Å²) in [7, 11) is 0. The van der Waals surface area contributed by atoms with Gasteiger partial charge in [0, 0.05) is 36.6 Å². The first-order valence-electron chi connectivity index (χ1n) is 10.7. The van der Waals surface area contributed by atoms with E-state index in [1.807, 2.05) is 41.3 Å². The van der Waals surface area contributed by atoms with Crippen LogP contribution in [0.5, 0.6) is 0 Å². The molecule has 0 saturated carbocycles. The molecule has 0 spiro atoms. The fourth-order valence-corrected chi connectivity index (χ4v) is 5.01. The van der Waals surface area contributed by atoms with Crippen molar-refractivity contribution in [3.8, 4) is 11.1 Å². The number of aryl methyl sites for hydroxylation is 1. The third-order valence-corrected chi connectivity index (χ3v) is 6.98. The number of carbonyl (C=O) groups is 1. The largest absolute Gasteiger partial charge is 0.352 e. The van der Waals surface area contributed by atoms with Crippen molar-refractivity contribution >= 4 is 33.3 Å². The molecule has 0 N–H and O–H groups in total. The molecule has 2 aromatic heterocycles. The van der Waals surface area contributed by atoms with Gasteiger partial charge in [-0.05, 0) is 35.7 Å². The van der Waals surface area contributed by atoms with E-state index in [-0.39, 0.29) is 5.91 Å². The number of nitrogens with zero attached hydrogens (tertiary/aromatic N) is 4. The molecule has 1 amide bonds. The molecule has 5 rings (SSSR count). The zero-order valence-corrected chi connectivity index (χ0v) is 18.3. The monoisotopic (exact) mass is 428 g/mol. The summed E-state index contributed by atoms with van der Waals surface area (Å²) in [5, 5.41) is 1.12. The van der Waals surface area contributed by atoms with Crippen molar-refractivity contribution in [3.05, 3.63) is 77.4 Å². The van der Waals surface area contributed by atoms with Gasteiger partial charge < -0.3 is 9.80 Å². The van der Waals surface area contributed by atoms with Crippen LogP contribution < -0.4 is 4.90 Å². The van der Waals surface area contributed by atoms with Crippen LogP contribution in [0.1, 0.15) is 22.2 Å². The molecule has 5 nitrogen and oxygen atoms in total. The Morgan fingerprint density at radius 3 is 2.48 bits per heavy atom. The van der Waals surface area contributed by atoms with Gasteiger partial charge in [-0.15, -0.1) is 11.3 Å². The first kappa shape index (κ1) is 19.7. The van der Waals surface area contributed by atoms with E-state index in [4.69, 9.17) is 0 Å². The lowest BCUT2D eigenvalue weighted by Gasteiger charge is -2.35. The molecule has 0 unspecified atom stereocenters. The van der Waals surface area contributed by atoms with Gasteiger partial charge in [-0.2, -0.15) is 0 Å². The van der Waals surface area contributed by atoms with Crippen molar-refractivity contribution in [3.63, 3.8) is 0 Å². The van der Waals surface area contributed by atoms with E-state index < -0.39 is 0 Å². The predicted molar refractivity (Wildman–Crippen MR) is 127 cm³/mol. The normalized spacial score (nSPS) is 14.2. The number of hydrogen-bond donors (Lipinski definition) is 0. The van der Waals surface area contributed by atoms with Crippen LogP contribution in [0.15, 0.2) is 67.0 Å². The molecule has 1 aliphatic heterocycles. The molecule has 0 atom stereocenters.